The number of aliphatic imine (C=N–C) groups is 1. The Kier molecular flexibility index (Phi) is 3.79. The molecule has 0 saturated carbocycles. The Morgan fingerprint density at radius 3 is 2.67 bits per heavy atom. The van der Waals surface area contributed by atoms with Crippen molar-refractivity contribution in [3.63, 3.8) is 0 Å². The maximum Gasteiger partial charge on any atom is 0.312 e. The summed E-state index contributed by atoms with van der Waals surface area (Å²) in [6, 6.07) is 12.8. The number of pyridine rings is 1. The molecule has 5 nitrogen and oxygen atoms in total. The maximum absolute atomic E-state index is 9.78. The average Bonchev–Trinajstić information content (AvgIpc) is 2.88. The highest BCUT2D eigenvalue weighted by atomic mass is 79.9. The number of halogens is 1. The molecule has 0 aliphatic rings. The van der Waals surface area contributed by atoms with E-state index in [4.69, 9.17) is 4.42 Å². The fraction of sp³-hybridized carbons (Fsp3) is 0. The molecule has 0 atom stereocenters. The first-order valence-corrected chi connectivity index (χ1v) is 6.92. The van der Waals surface area contributed by atoms with Crippen LogP contribution in [0.2, 0.25) is 0 Å². The van der Waals surface area contributed by atoms with Gasteiger partial charge in [-0.2, -0.15) is 0 Å². The molecule has 2 heterocycles. The van der Waals surface area contributed by atoms with Gasteiger partial charge in [-0.1, -0.05) is 22.0 Å². The molecule has 1 N–H and O–H groups in total. The average molecular weight is 344 g/mol. The van der Waals surface area contributed by atoms with E-state index in [-0.39, 0.29) is 11.6 Å². The second kappa shape index (κ2) is 5.88. The van der Waals surface area contributed by atoms with Crippen LogP contribution in [0, 0.1) is 0 Å². The van der Waals surface area contributed by atoms with Gasteiger partial charge in [-0.25, -0.2) is 15.0 Å². The largest absolute Gasteiger partial charge is 0.479 e. The lowest BCUT2D eigenvalue weighted by atomic mass is 10.2. The van der Waals surface area contributed by atoms with Gasteiger partial charge in [0.15, 0.2) is 11.5 Å². The Balaban J connectivity index is 1.88. The minimum absolute atomic E-state index is 0.263. The predicted octanol–water partition coefficient (Wildman–Crippen LogP) is 3.96. The lowest BCUT2D eigenvalue weighted by molar-refractivity contribution is 0.337. The highest BCUT2D eigenvalue weighted by Gasteiger charge is 2.12. The number of hydrogen-bond acceptors (Lipinski definition) is 5. The van der Waals surface area contributed by atoms with Gasteiger partial charge in [0.2, 0.25) is 5.89 Å². The van der Waals surface area contributed by atoms with E-state index in [9.17, 15) is 5.11 Å². The minimum atomic E-state index is -0.271. The highest BCUT2D eigenvalue weighted by molar-refractivity contribution is 9.10. The number of rotatable bonds is 3. The fourth-order valence-electron chi connectivity index (χ4n) is 1.68. The van der Waals surface area contributed by atoms with Crippen molar-refractivity contribution < 1.29 is 9.52 Å². The Morgan fingerprint density at radius 2 is 1.95 bits per heavy atom. The minimum Gasteiger partial charge on any atom is -0.479 e. The number of oxazole rings is 1. The maximum atomic E-state index is 9.78. The van der Waals surface area contributed by atoms with Crippen molar-refractivity contribution in [2.45, 2.75) is 0 Å². The topological polar surface area (TPSA) is 71.5 Å². The molecule has 3 aromatic rings. The van der Waals surface area contributed by atoms with Gasteiger partial charge in [0, 0.05) is 16.2 Å². The fourth-order valence-corrected chi connectivity index (χ4v) is 1.95. The van der Waals surface area contributed by atoms with Gasteiger partial charge in [-0.3, -0.25) is 0 Å². The SMILES string of the molecule is Oc1oc(-c2ccc(Br)cc2)nc1C=Nc1ccccn1. The number of aromatic nitrogens is 2. The third kappa shape index (κ3) is 3.17. The van der Waals surface area contributed by atoms with Crippen LogP contribution in [0.15, 0.2) is 62.5 Å². The van der Waals surface area contributed by atoms with Crippen molar-refractivity contribution in [3.05, 3.63) is 58.8 Å². The van der Waals surface area contributed by atoms with Crippen molar-refractivity contribution in [1.29, 1.82) is 0 Å². The summed E-state index contributed by atoms with van der Waals surface area (Å²) >= 11 is 3.36. The lowest BCUT2D eigenvalue weighted by Crippen LogP contribution is -1.83. The van der Waals surface area contributed by atoms with Gasteiger partial charge >= 0.3 is 5.95 Å². The summed E-state index contributed by atoms with van der Waals surface area (Å²) in [6.07, 6.45) is 3.06. The molecule has 104 valence electrons. The smallest absolute Gasteiger partial charge is 0.312 e. The molecule has 0 radical (unpaired) electrons. The van der Waals surface area contributed by atoms with E-state index in [1.807, 2.05) is 30.3 Å². The van der Waals surface area contributed by atoms with Crippen LogP contribution in [0.1, 0.15) is 5.69 Å². The van der Waals surface area contributed by atoms with Crippen LogP contribution in [0.4, 0.5) is 5.82 Å². The zero-order valence-electron chi connectivity index (χ0n) is 10.8. The van der Waals surface area contributed by atoms with E-state index in [1.165, 1.54) is 6.21 Å². The molecule has 1 aromatic carbocycles. The van der Waals surface area contributed by atoms with Gasteiger partial charge in [0.1, 0.15) is 0 Å². The Bertz CT molecular complexity index is 767. The van der Waals surface area contributed by atoms with Crippen LogP contribution in [0.3, 0.4) is 0 Å². The van der Waals surface area contributed by atoms with Crippen molar-refractivity contribution in [2.75, 3.05) is 0 Å². The molecule has 3 rings (SSSR count). The normalized spacial score (nSPS) is 11.1. The van der Waals surface area contributed by atoms with E-state index in [2.05, 4.69) is 30.9 Å². The van der Waals surface area contributed by atoms with E-state index in [1.54, 1.807) is 18.3 Å². The second-order valence-electron chi connectivity index (χ2n) is 4.16. The second-order valence-corrected chi connectivity index (χ2v) is 5.08. The number of aromatic hydroxyl groups is 1. The summed E-state index contributed by atoms with van der Waals surface area (Å²) in [6.45, 7) is 0. The molecule has 2 aromatic heterocycles. The molecule has 0 aliphatic heterocycles. The summed E-state index contributed by atoms with van der Waals surface area (Å²) in [7, 11) is 0. The Labute approximate surface area is 129 Å². The van der Waals surface area contributed by atoms with Gasteiger partial charge in [0.25, 0.3) is 0 Å². The summed E-state index contributed by atoms with van der Waals surface area (Å²) in [4.78, 5) is 12.4. The zero-order chi connectivity index (χ0) is 14.7. The van der Waals surface area contributed by atoms with Crippen LogP contribution in [-0.2, 0) is 0 Å². The van der Waals surface area contributed by atoms with Crippen LogP contribution in [0.25, 0.3) is 11.5 Å². The summed E-state index contributed by atoms with van der Waals surface area (Å²) in [5.74, 6) is 0.597. The van der Waals surface area contributed by atoms with E-state index >= 15 is 0 Å². The highest BCUT2D eigenvalue weighted by Crippen LogP contribution is 2.26. The summed E-state index contributed by atoms with van der Waals surface area (Å²) in [5.41, 5.74) is 1.03. The first-order chi connectivity index (χ1) is 10.2. The van der Waals surface area contributed by atoms with Crippen LogP contribution < -0.4 is 0 Å². The predicted molar refractivity (Wildman–Crippen MR) is 82.8 cm³/mol. The molecule has 0 spiro atoms. The molecule has 0 fully saturated rings. The first kappa shape index (κ1) is 13.5. The van der Waals surface area contributed by atoms with Gasteiger partial charge < -0.3 is 9.52 Å². The molecule has 0 bridgehead atoms. The van der Waals surface area contributed by atoms with E-state index in [0.717, 1.165) is 10.0 Å². The van der Waals surface area contributed by atoms with Crippen molar-refractivity contribution >= 4 is 28.0 Å². The Morgan fingerprint density at radius 1 is 1.14 bits per heavy atom. The molecule has 0 saturated heterocycles. The van der Waals surface area contributed by atoms with Crippen LogP contribution in [0.5, 0.6) is 5.95 Å². The van der Waals surface area contributed by atoms with E-state index < -0.39 is 0 Å². The molecule has 0 unspecified atom stereocenters. The van der Waals surface area contributed by atoms with Crippen molar-refractivity contribution in [1.82, 2.24) is 9.97 Å². The molecular weight excluding hydrogens is 334 g/mol. The summed E-state index contributed by atoms with van der Waals surface area (Å²) in [5, 5.41) is 9.78. The third-order valence-corrected chi connectivity index (χ3v) is 3.22. The third-order valence-electron chi connectivity index (χ3n) is 2.69. The Hall–Kier alpha value is -2.47. The van der Waals surface area contributed by atoms with Gasteiger partial charge in [-0.05, 0) is 36.4 Å². The number of hydrogen-bond donors (Lipinski definition) is 1. The monoisotopic (exact) mass is 343 g/mol. The van der Waals surface area contributed by atoms with Crippen LogP contribution >= 0.6 is 15.9 Å². The number of nitrogens with zero attached hydrogens (tertiary/aromatic N) is 3. The molecule has 6 heteroatoms. The van der Waals surface area contributed by atoms with Crippen molar-refractivity contribution in [3.8, 4) is 17.4 Å². The zero-order valence-corrected chi connectivity index (χ0v) is 12.4. The number of benzene rings is 1. The lowest BCUT2D eigenvalue weighted by Gasteiger charge is -1.94. The molecule has 0 aliphatic carbocycles. The molecule has 21 heavy (non-hydrogen) atoms. The standard InChI is InChI=1S/C15H10BrN3O2/c16-11-6-4-10(5-7-11)14-19-12(15(20)21-14)9-18-13-3-1-2-8-17-13/h1-9,20H. The quantitative estimate of drug-likeness (QED) is 0.730. The van der Waals surface area contributed by atoms with Gasteiger partial charge in [-0.15, -0.1) is 0 Å². The first-order valence-electron chi connectivity index (χ1n) is 6.13. The summed E-state index contributed by atoms with van der Waals surface area (Å²) < 4.78 is 6.20. The van der Waals surface area contributed by atoms with Crippen molar-refractivity contribution in [2.24, 2.45) is 4.99 Å². The molecule has 0 amide bonds. The van der Waals surface area contributed by atoms with E-state index in [0.29, 0.717) is 11.7 Å². The van der Waals surface area contributed by atoms with Gasteiger partial charge in [0.05, 0.1) is 6.21 Å². The van der Waals surface area contributed by atoms with Crippen LogP contribution in [-0.4, -0.2) is 21.3 Å². The molecular formula is C15H10BrN3O2.